The summed E-state index contributed by atoms with van der Waals surface area (Å²) < 4.78 is 0. The Kier molecular flexibility index (Phi) is 2.07. The first kappa shape index (κ1) is 10.7. The normalized spacial score (nSPS) is 19.6. The zero-order valence-corrected chi connectivity index (χ0v) is 10.4. The molecule has 4 rings (SSSR count). The lowest BCUT2D eigenvalue weighted by Gasteiger charge is -2.14. The van der Waals surface area contributed by atoms with Gasteiger partial charge < -0.3 is 5.11 Å². The number of carboxylic acids is 1. The van der Waals surface area contributed by atoms with Crippen LogP contribution in [0.2, 0.25) is 0 Å². The molecule has 0 atom stereocenters. The highest BCUT2D eigenvalue weighted by Gasteiger charge is 2.26. The van der Waals surface area contributed by atoms with Crippen LogP contribution in [0.3, 0.4) is 0 Å². The molecular weight excluding hydrogens is 238 g/mol. The Morgan fingerprint density at radius 1 is 1.26 bits per heavy atom. The summed E-state index contributed by atoms with van der Waals surface area (Å²) in [5.41, 5.74) is 5.51. The van der Waals surface area contributed by atoms with E-state index in [4.69, 9.17) is 5.11 Å². The fraction of sp³-hybridized carbons (Fsp3) is 0.250. The number of aromatic carboxylic acids is 1. The first-order valence-corrected chi connectivity index (χ1v) is 6.62. The van der Waals surface area contributed by atoms with E-state index >= 15 is 0 Å². The van der Waals surface area contributed by atoms with E-state index < -0.39 is 5.97 Å². The van der Waals surface area contributed by atoms with E-state index in [1.165, 1.54) is 29.6 Å². The monoisotopic (exact) mass is 251 g/mol. The Labute approximate surface area is 110 Å². The van der Waals surface area contributed by atoms with Gasteiger partial charge in [0.2, 0.25) is 0 Å². The van der Waals surface area contributed by atoms with Gasteiger partial charge in [-0.05, 0) is 49.5 Å². The van der Waals surface area contributed by atoms with Crippen LogP contribution < -0.4 is 10.6 Å². The van der Waals surface area contributed by atoms with Gasteiger partial charge in [-0.15, -0.1) is 0 Å². The van der Waals surface area contributed by atoms with Crippen LogP contribution in [0.15, 0.2) is 46.1 Å². The van der Waals surface area contributed by atoms with Gasteiger partial charge in [0.25, 0.3) is 0 Å². The smallest absolute Gasteiger partial charge is 0.335 e. The molecule has 0 fully saturated rings. The number of allylic oxidation sites excluding steroid dienone is 3. The van der Waals surface area contributed by atoms with Crippen molar-refractivity contribution in [2.75, 3.05) is 0 Å². The Hall–Kier alpha value is -2.16. The zero-order valence-electron chi connectivity index (χ0n) is 10.4. The third-order valence-corrected chi connectivity index (χ3v) is 4.19. The molecular formula is C16H13NO2. The highest BCUT2D eigenvalue weighted by Crippen LogP contribution is 2.41. The van der Waals surface area contributed by atoms with Crippen molar-refractivity contribution in [3.63, 3.8) is 0 Å². The van der Waals surface area contributed by atoms with Gasteiger partial charge in [-0.25, -0.2) is 9.79 Å². The van der Waals surface area contributed by atoms with Crippen LogP contribution in [0.1, 0.15) is 36.0 Å². The van der Waals surface area contributed by atoms with E-state index in [0.717, 1.165) is 29.1 Å². The van der Waals surface area contributed by atoms with Crippen LogP contribution in [0, 0.1) is 0 Å². The molecule has 1 aliphatic heterocycles. The van der Waals surface area contributed by atoms with E-state index in [0.29, 0.717) is 5.56 Å². The molecule has 3 aliphatic rings. The zero-order chi connectivity index (χ0) is 13.0. The van der Waals surface area contributed by atoms with Gasteiger partial charge in [0.15, 0.2) is 0 Å². The summed E-state index contributed by atoms with van der Waals surface area (Å²) in [7, 11) is 0. The molecule has 0 saturated heterocycles. The quantitative estimate of drug-likeness (QED) is 0.829. The van der Waals surface area contributed by atoms with Gasteiger partial charge in [-0.1, -0.05) is 11.6 Å². The summed E-state index contributed by atoms with van der Waals surface area (Å²) in [4.78, 5) is 15.8. The summed E-state index contributed by atoms with van der Waals surface area (Å²) in [5, 5.41) is 11.0. The van der Waals surface area contributed by atoms with Crippen molar-refractivity contribution < 1.29 is 9.90 Å². The second-order valence-corrected chi connectivity index (χ2v) is 5.25. The lowest BCUT2D eigenvalue weighted by Crippen LogP contribution is -2.25. The second kappa shape index (κ2) is 3.67. The van der Waals surface area contributed by atoms with Gasteiger partial charge in [-0.3, -0.25) is 0 Å². The molecule has 1 N–H and O–H groups in total. The summed E-state index contributed by atoms with van der Waals surface area (Å²) in [6.45, 7) is 0. The number of nitrogens with zero attached hydrogens (tertiary/aromatic N) is 1. The summed E-state index contributed by atoms with van der Waals surface area (Å²) in [6, 6.07) is 5.22. The minimum Gasteiger partial charge on any atom is -0.478 e. The van der Waals surface area contributed by atoms with Gasteiger partial charge in [0.05, 0.1) is 16.6 Å². The first-order valence-electron chi connectivity index (χ1n) is 6.62. The number of hydrogen-bond donors (Lipinski definition) is 1. The van der Waals surface area contributed by atoms with Gasteiger partial charge in [-0.2, -0.15) is 0 Å². The van der Waals surface area contributed by atoms with Crippen LogP contribution in [0.25, 0.3) is 5.57 Å². The predicted octanol–water partition coefficient (Wildman–Crippen LogP) is 1.94. The minimum absolute atomic E-state index is 0.341. The molecule has 94 valence electrons. The molecule has 0 bridgehead atoms. The first-order chi connectivity index (χ1) is 9.24. The standard InChI is InChI=1S/C16H13NO2/c18-16(19)10-5-6-13-12(8-10)15-11-3-1-2-9(11)4-7-14(15)17-13/h5-8H,1-4H2,(H,18,19). The van der Waals surface area contributed by atoms with E-state index in [1.54, 1.807) is 12.1 Å². The lowest BCUT2D eigenvalue weighted by molar-refractivity contribution is 0.0697. The van der Waals surface area contributed by atoms with Crippen molar-refractivity contribution in [3.8, 4) is 0 Å². The molecule has 1 aromatic carbocycles. The summed E-state index contributed by atoms with van der Waals surface area (Å²) in [5.74, 6) is -0.878. The molecule has 3 nitrogen and oxygen atoms in total. The van der Waals surface area contributed by atoms with Crippen molar-refractivity contribution in [1.82, 2.24) is 0 Å². The average molecular weight is 251 g/mol. The lowest BCUT2D eigenvalue weighted by atomic mass is 9.91. The van der Waals surface area contributed by atoms with Crippen molar-refractivity contribution in [2.24, 2.45) is 4.99 Å². The van der Waals surface area contributed by atoms with Crippen LogP contribution >= 0.6 is 0 Å². The van der Waals surface area contributed by atoms with Crippen molar-refractivity contribution in [2.45, 2.75) is 25.7 Å². The SMILES string of the molecule is O=C(O)c1ccc2c(c1)=C1C(=CCC3=C1CCC3)N=2. The predicted molar refractivity (Wildman–Crippen MR) is 71.2 cm³/mol. The van der Waals surface area contributed by atoms with Crippen LogP contribution in [0.5, 0.6) is 0 Å². The molecule has 0 spiro atoms. The number of benzene rings is 1. The van der Waals surface area contributed by atoms with E-state index in [2.05, 4.69) is 11.1 Å². The van der Waals surface area contributed by atoms with Crippen molar-refractivity contribution in [3.05, 3.63) is 57.3 Å². The molecule has 3 heteroatoms. The fourth-order valence-corrected chi connectivity index (χ4v) is 3.31. The van der Waals surface area contributed by atoms with E-state index in [-0.39, 0.29) is 0 Å². The Balaban J connectivity index is 2.06. The third kappa shape index (κ3) is 1.44. The maximum absolute atomic E-state index is 11.1. The molecule has 0 unspecified atom stereocenters. The molecule has 1 aromatic rings. The topological polar surface area (TPSA) is 49.7 Å². The summed E-state index contributed by atoms with van der Waals surface area (Å²) in [6.07, 6.45) is 6.69. The molecule has 0 saturated carbocycles. The van der Waals surface area contributed by atoms with Gasteiger partial charge >= 0.3 is 5.97 Å². The molecule has 0 radical (unpaired) electrons. The maximum Gasteiger partial charge on any atom is 0.335 e. The Bertz CT molecular complexity index is 797. The molecule has 0 amide bonds. The number of fused-ring (bicyclic) bond motifs is 3. The van der Waals surface area contributed by atoms with Crippen LogP contribution in [0.4, 0.5) is 0 Å². The van der Waals surface area contributed by atoms with E-state index in [9.17, 15) is 4.79 Å². The number of carbonyl (C=O) groups is 1. The average Bonchev–Trinajstić information content (AvgIpc) is 3.00. The molecule has 2 aliphatic carbocycles. The highest BCUT2D eigenvalue weighted by atomic mass is 16.4. The van der Waals surface area contributed by atoms with E-state index in [1.807, 2.05) is 6.07 Å². The highest BCUT2D eigenvalue weighted by molar-refractivity contribution is 5.89. The molecule has 1 heterocycles. The van der Waals surface area contributed by atoms with Crippen LogP contribution in [-0.4, -0.2) is 11.1 Å². The van der Waals surface area contributed by atoms with Crippen molar-refractivity contribution in [1.29, 1.82) is 0 Å². The van der Waals surface area contributed by atoms with Gasteiger partial charge in [0, 0.05) is 10.8 Å². The molecule has 19 heavy (non-hydrogen) atoms. The largest absolute Gasteiger partial charge is 0.478 e. The van der Waals surface area contributed by atoms with Gasteiger partial charge in [0.1, 0.15) is 0 Å². The number of hydrogen-bond acceptors (Lipinski definition) is 2. The van der Waals surface area contributed by atoms with Crippen LogP contribution in [-0.2, 0) is 0 Å². The third-order valence-electron chi connectivity index (χ3n) is 4.19. The fourth-order valence-electron chi connectivity index (χ4n) is 3.31. The second-order valence-electron chi connectivity index (χ2n) is 5.25. The Morgan fingerprint density at radius 3 is 3.00 bits per heavy atom. The minimum atomic E-state index is -0.878. The number of carboxylic acid groups (broad SMARTS) is 1. The maximum atomic E-state index is 11.1. The molecule has 0 aromatic heterocycles. The van der Waals surface area contributed by atoms with Crippen molar-refractivity contribution >= 4 is 11.5 Å². The summed E-state index contributed by atoms with van der Waals surface area (Å²) >= 11 is 0. The number of rotatable bonds is 1. The Morgan fingerprint density at radius 2 is 2.16 bits per heavy atom.